The van der Waals surface area contributed by atoms with Crippen molar-refractivity contribution in [1.29, 1.82) is 0 Å². The highest BCUT2D eigenvalue weighted by Crippen LogP contribution is 2.55. The molecular formula is C26H20O2. The van der Waals surface area contributed by atoms with Gasteiger partial charge in [0.2, 0.25) is 0 Å². The van der Waals surface area contributed by atoms with Crippen LogP contribution in [0.25, 0.3) is 16.7 Å². The first kappa shape index (κ1) is 16.6. The molecule has 2 heteroatoms. The van der Waals surface area contributed by atoms with Gasteiger partial charge in [0.1, 0.15) is 11.5 Å². The van der Waals surface area contributed by atoms with E-state index < -0.39 is 0 Å². The summed E-state index contributed by atoms with van der Waals surface area (Å²) in [6.45, 7) is 2.22. The Morgan fingerprint density at radius 2 is 1.21 bits per heavy atom. The van der Waals surface area contributed by atoms with Crippen molar-refractivity contribution < 1.29 is 8.83 Å². The summed E-state index contributed by atoms with van der Waals surface area (Å²) in [6, 6.07) is 29.1. The average Bonchev–Trinajstić information content (AvgIpc) is 3.49. The molecule has 4 aromatic rings. The van der Waals surface area contributed by atoms with Crippen LogP contribution in [0.5, 0.6) is 0 Å². The minimum Gasteiger partial charge on any atom is -0.465 e. The molecule has 0 saturated heterocycles. The van der Waals surface area contributed by atoms with E-state index in [9.17, 15) is 0 Å². The zero-order chi connectivity index (χ0) is 18.9. The molecule has 2 heterocycles. The molecule has 2 nitrogen and oxygen atoms in total. The molecule has 2 aromatic heterocycles. The Balaban J connectivity index is 1.85. The van der Waals surface area contributed by atoms with E-state index in [-0.39, 0.29) is 5.92 Å². The van der Waals surface area contributed by atoms with Crippen LogP contribution in [0.15, 0.2) is 112 Å². The van der Waals surface area contributed by atoms with Crippen molar-refractivity contribution in [3.8, 4) is 0 Å². The number of hydrogen-bond acceptors (Lipinski definition) is 2. The standard InChI is InChI=1S/C26H20O2/c1-18-23(19-10-4-2-5-11-19)25(21-14-8-16-27-21)26(22-15-9-17-28-22)24(18)20-12-6-3-7-13-20/h2-17,23H,1H3. The second-order valence-electron chi connectivity index (χ2n) is 7.01. The minimum absolute atomic E-state index is 0.114. The second-order valence-corrected chi connectivity index (χ2v) is 7.01. The second kappa shape index (κ2) is 6.90. The van der Waals surface area contributed by atoms with Crippen molar-refractivity contribution in [1.82, 2.24) is 0 Å². The summed E-state index contributed by atoms with van der Waals surface area (Å²) in [7, 11) is 0. The summed E-state index contributed by atoms with van der Waals surface area (Å²) >= 11 is 0. The van der Waals surface area contributed by atoms with Gasteiger partial charge in [-0.05, 0) is 47.9 Å². The van der Waals surface area contributed by atoms with E-state index in [1.54, 1.807) is 12.5 Å². The van der Waals surface area contributed by atoms with Crippen molar-refractivity contribution in [3.05, 3.63) is 126 Å². The molecule has 0 spiro atoms. The Labute approximate surface area is 164 Å². The SMILES string of the molecule is CC1=C(c2ccccc2)C(c2ccco2)=C(c2ccco2)C1c1ccccc1. The lowest BCUT2D eigenvalue weighted by Crippen LogP contribution is -2.00. The number of allylic oxidation sites excluding steroid dienone is 4. The molecule has 0 saturated carbocycles. The minimum atomic E-state index is 0.114. The monoisotopic (exact) mass is 364 g/mol. The summed E-state index contributed by atoms with van der Waals surface area (Å²) in [5, 5.41) is 0. The summed E-state index contributed by atoms with van der Waals surface area (Å²) in [6.07, 6.45) is 3.47. The number of rotatable bonds is 4. The first-order valence-electron chi connectivity index (χ1n) is 9.48. The molecule has 1 unspecified atom stereocenters. The van der Waals surface area contributed by atoms with Crippen LogP contribution >= 0.6 is 0 Å². The summed E-state index contributed by atoms with van der Waals surface area (Å²) in [5.41, 5.74) is 7.22. The maximum absolute atomic E-state index is 5.90. The van der Waals surface area contributed by atoms with Crippen molar-refractivity contribution in [2.24, 2.45) is 0 Å². The van der Waals surface area contributed by atoms with Gasteiger partial charge in [0, 0.05) is 17.1 Å². The van der Waals surface area contributed by atoms with Gasteiger partial charge in [0.05, 0.1) is 12.5 Å². The van der Waals surface area contributed by atoms with Crippen LogP contribution in [0.4, 0.5) is 0 Å². The fraction of sp³-hybridized carbons (Fsp3) is 0.0769. The van der Waals surface area contributed by atoms with Gasteiger partial charge in [-0.15, -0.1) is 0 Å². The third-order valence-electron chi connectivity index (χ3n) is 5.38. The molecule has 0 radical (unpaired) electrons. The molecule has 0 aliphatic heterocycles. The Morgan fingerprint density at radius 3 is 1.82 bits per heavy atom. The molecular weight excluding hydrogens is 344 g/mol. The van der Waals surface area contributed by atoms with Crippen LogP contribution < -0.4 is 0 Å². The van der Waals surface area contributed by atoms with E-state index in [0.29, 0.717) is 0 Å². The molecule has 1 aliphatic carbocycles. The van der Waals surface area contributed by atoms with E-state index in [0.717, 1.165) is 22.7 Å². The van der Waals surface area contributed by atoms with Crippen LogP contribution in [-0.2, 0) is 0 Å². The number of benzene rings is 2. The molecule has 5 rings (SSSR count). The number of hydrogen-bond donors (Lipinski definition) is 0. The van der Waals surface area contributed by atoms with Crippen LogP contribution in [0.3, 0.4) is 0 Å². The van der Waals surface area contributed by atoms with Gasteiger partial charge in [-0.3, -0.25) is 0 Å². The molecule has 0 N–H and O–H groups in total. The lowest BCUT2D eigenvalue weighted by atomic mass is 9.86. The van der Waals surface area contributed by atoms with Crippen molar-refractivity contribution in [2.45, 2.75) is 12.8 Å². The third kappa shape index (κ3) is 2.66. The van der Waals surface area contributed by atoms with E-state index in [1.807, 2.05) is 30.3 Å². The van der Waals surface area contributed by atoms with Crippen molar-refractivity contribution in [2.75, 3.05) is 0 Å². The normalized spacial score (nSPS) is 16.8. The van der Waals surface area contributed by atoms with Crippen LogP contribution in [0.2, 0.25) is 0 Å². The third-order valence-corrected chi connectivity index (χ3v) is 5.38. The highest BCUT2D eigenvalue weighted by molar-refractivity contribution is 6.20. The Kier molecular flexibility index (Phi) is 4.10. The smallest absolute Gasteiger partial charge is 0.134 e. The van der Waals surface area contributed by atoms with Crippen LogP contribution in [0.1, 0.15) is 35.5 Å². The molecule has 0 amide bonds. The van der Waals surface area contributed by atoms with E-state index in [2.05, 4.69) is 61.5 Å². The van der Waals surface area contributed by atoms with Gasteiger partial charge in [-0.1, -0.05) is 66.2 Å². The van der Waals surface area contributed by atoms with Gasteiger partial charge in [-0.25, -0.2) is 0 Å². The number of furan rings is 2. The highest BCUT2D eigenvalue weighted by atomic mass is 16.3. The Bertz CT molecular complexity index is 1130. The summed E-state index contributed by atoms with van der Waals surface area (Å²) in [5.74, 6) is 1.86. The predicted molar refractivity (Wildman–Crippen MR) is 112 cm³/mol. The molecule has 1 atom stereocenters. The van der Waals surface area contributed by atoms with E-state index in [1.165, 1.54) is 22.3 Å². The fourth-order valence-corrected chi connectivity index (χ4v) is 4.25. The van der Waals surface area contributed by atoms with Gasteiger partial charge in [-0.2, -0.15) is 0 Å². The quantitative estimate of drug-likeness (QED) is 0.388. The van der Waals surface area contributed by atoms with Crippen molar-refractivity contribution >= 4 is 16.7 Å². The molecule has 1 aliphatic rings. The zero-order valence-corrected chi connectivity index (χ0v) is 15.6. The largest absolute Gasteiger partial charge is 0.465 e. The van der Waals surface area contributed by atoms with E-state index in [4.69, 9.17) is 8.83 Å². The molecule has 136 valence electrons. The molecule has 0 fully saturated rings. The van der Waals surface area contributed by atoms with E-state index >= 15 is 0 Å². The Hall–Kier alpha value is -3.52. The maximum atomic E-state index is 5.90. The molecule has 2 aromatic carbocycles. The first-order valence-corrected chi connectivity index (χ1v) is 9.48. The fourth-order valence-electron chi connectivity index (χ4n) is 4.25. The van der Waals surface area contributed by atoms with Crippen LogP contribution in [-0.4, -0.2) is 0 Å². The maximum Gasteiger partial charge on any atom is 0.134 e. The Morgan fingerprint density at radius 1 is 0.607 bits per heavy atom. The first-order chi connectivity index (χ1) is 13.8. The van der Waals surface area contributed by atoms with Gasteiger partial charge in [0.15, 0.2) is 0 Å². The molecule has 0 bridgehead atoms. The summed E-state index contributed by atoms with van der Waals surface area (Å²) < 4.78 is 11.8. The molecule has 28 heavy (non-hydrogen) atoms. The van der Waals surface area contributed by atoms with Crippen LogP contribution in [0, 0.1) is 0 Å². The lowest BCUT2D eigenvalue weighted by molar-refractivity contribution is 0.546. The van der Waals surface area contributed by atoms with Gasteiger partial charge in [0.25, 0.3) is 0 Å². The van der Waals surface area contributed by atoms with Crippen molar-refractivity contribution in [3.63, 3.8) is 0 Å². The highest BCUT2D eigenvalue weighted by Gasteiger charge is 2.36. The average molecular weight is 364 g/mol. The topological polar surface area (TPSA) is 26.3 Å². The lowest BCUT2D eigenvalue weighted by Gasteiger charge is -2.17. The van der Waals surface area contributed by atoms with Gasteiger partial charge < -0.3 is 8.83 Å². The zero-order valence-electron chi connectivity index (χ0n) is 15.6. The summed E-state index contributed by atoms with van der Waals surface area (Å²) in [4.78, 5) is 0. The van der Waals surface area contributed by atoms with Gasteiger partial charge >= 0.3 is 0 Å². The predicted octanol–water partition coefficient (Wildman–Crippen LogP) is 7.05.